The second kappa shape index (κ2) is 7.20. The highest BCUT2D eigenvalue weighted by atomic mass is 16.6. The Hall–Kier alpha value is -2.59. The number of fused-ring (bicyclic) bond motifs is 1. The van der Waals surface area contributed by atoms with Crippen LogP contribution in [-0.4, -0.2) is 24.6 Å². The van der Waals surface area contributed by atoms with Crippen LogP contribution in [-0.2, 0) is 11.2 Å². The molecule has 0 N–H and O–H groups in total. The summed E-state index contributed by atoms with van der Waals surface area (Å²) in [5.74, 6) is 1.52. The molecular weight excluding hydrogens is 340 g/mol. The first-order valence-corrected chi connectivity index (χ1v) is 9.51. The van der Waals surface area contributed by atoms with E-state index in [1.807, 2.05) is 55.5 Å². The molecule has 4 heteroatoms. The van der Waals surface area contributed by atoms with Crippen molar-refractivity contribution in [2.75, 3.05) is 13.2 Å². The molecule has 1 fully saturated rings. The van der Waals surface area contributed by atoms with Crippen LogP contribution in [0.3, 0.4) is 0 Å². The Morgan fingerprint density at radius 3 is 2.59 bits per heavy atom. The van der Waals surface area contributed by atoms with Crippen LogP contribution >= 0.6 is 0 Å². The third-order valence-corrected chi connectivity index (χ3v) is 4.95. The van der Waals surface area contributed by atoms with Crippen molar-refractivity contribution in [3.05, 3.63) is 65.4 Å². The topological polar surface area (TPSA) is 52.0 Å². The fourth-order valence-corrected chi connectivity index (χ4v) is 3.15. The molecule has 4 nitrogen and oxygen atoms in total. The van der Waals surface area contributed by atoms with Gasteiger partial charge in [-0.1, -0.05) is 31.5 Å². The lowest BCUT2D eigenvalue weighted by Gasteiger charge is -2.09. The quantitative estimate of drug-likeness (QED) is 0.408. The molecule has 0 spiro atoms. The van der Waals surface area contributed by atoms with Crippen LogP contribution in [0.15, 0.2) is 52.9 Å². The largest absolute Gasteiger partial charge is 0.491 e. The Bertz CT molecular complexity index is 948. The standard InChI is InChI=1S/C23H24O4/c1-3-4-8-20-21(18-7-5-6-9-19(18)27-20)22(24)16-10-12-17(13-11-16)25-14-23(2)15-26-23/h5-7,9-13H,3-4,8,14-15H2,1-2H3. The Kier molecular flexibility index (Phi) is 4.75. The van der Waals surface area contributed by atoms with Crippen LogP contribution in [0.1, 0.15) is 48.4 Å². The monoisotopic (exact) mass is 364 g/mol. The van der Waals surface area contributed by atoms with E-state index in [0.29, 0.717) is 17.7 Å². The number of carbonyl (C=O) groups is 1. The van der Waals surface area contributed by atoms with E-state index in [4.69, 9.17) is 13.9 Å². The van der Waals surface area contributed by atoms with Gasteiger partial charge in [0.15, 0.2) is 5.78 Å². The maximum atomic E-state index is 13.2. The van der Waals surface area contributed by atoms with Crippen molar-refractivity contribution >= 4 is 16.8 Å². The smallest absolute Gasteiger partial charge is 0.197 e. The summed E-state index contributed by atoms with van der Waals surface area (Å²) >= 11 is 0. The molecule has 1 aliphatic heterocycles. The summed E-state index contributed by atoms with van der Waals surface area (Å²) in [6.07, 6.45) is 2.82. The first kappa shape index (κ1) is 17.8. The molecule has 140 valence electrons. The Morgan fingerprint density at radius 1 is 1.15 bits per heavy atom. The zero-order valence-electron chi connectivity index (χ0n) is 15.8. The number of rotatable bonds is 8. The van der Waals surface area contributed by atoms with E-state index in [1.54, 1.807) is 0 Å². The van der Waals surface area contributed by atoms with Gasteiger partial charge in [0.25, 0.3) is 0 Å². The molecule has 1 saturated heterocycles. The lowest BCUT2D eigenvalue weighted by molar-refractivity contribution is 0.103. The average molecular weight is 364 g/mol. The van der Waals surface area contributed by atoms with E-state index in [0.717, 1.165) is 48.3 Å². The van der Waals surface area contributed by atoms with Crippen LogP contribution in [0.2, 0.25) is 0 Å². The van der Waals surface area contributed by atoms with Crippen molar-refractivity contribution in [1.29, 1.82) is 0 Å². The molecule has 27 heavy (non-hydrogen) atoms. The highest BCUT2D eigenvalue weighted by Gasteiger charge is 2.40. The van der Waals surface area contributed by atoms with E-state index < -0.39 is 0 Å². The molecule has 4 rings (SSSR count). The van der Waals surface area contributed by atoms with E-state index in [9.17, 15) is 4.79 Å². The van der Waals surface area contributed by atoms with E-state index in [2.05, 4.69) is 6.92 Å². The molecule has 0 saturated carbocycles. The number of para-hydroxylation sites is 1. The summed E-state index contributed by atoms with van der Waals surface area (Å²) < 4.78 is 17.1. The number of furan rings is 1. The number of ketones is 1. The summed E-state index contributed by atoms with van der Waals surface area (Å²) in [4.78, 5) is 13.2. The van der Waals surface area contributed by atoms with Gasteiger partial charge < -0.3 is 13.9 Å². The minimum Gasteiger partial charge on any atom is -0.491 e. The maximum Gasteiger partial charge on any atom is 0.197 e. The summed E-state index contributed by atoms with van der Waals surface area (Å²) in [5.41, 5.74) is 1.94. The molecule has 0 aliphatic carbocycles. The molecule has 0 radical (unpaired) electrons. The zero-order chi connectivity index (χ0) is 18.9. The number of ether oxygens (including phenoxy) is 2. The van der Waals surface area contributed by atoms with Crippen molar-refractivity contribution in [2.45, 2.75) is 38.7 Å². The summed E-state index contributed by atoms with van der Waals surface area (Å²) in [6.45, 7) is 5.41. The Labute approximate surface area is 159 Å². The predicted octanol–water partition coefficient (Wildman–Crippen LogP) is 5.17. The number of benzene rings is 2. The summed E-state index contributed by atoms with van der Waals surface area (Å²) in [5, 5.41) is 0.882. The van der Waals surface area contributed by atoms with Crippen LogP contribution in [0.25, 0.3) is 11.0 Å². The number of aryl methyl sites for hydroxylation is 1. The second-order valence-corrected chi connectivity index (χ2v) is 7.38. The van der Waals surface area contributed by atoms with Crippen molar-refractivity contribution in [2.24, 2.45) is 0 Å². The van der Waals surface area contributed by atoms with E-state index in [1.165, 1.54) is 0 Å². The molecule has 2 aromatic carbocycles. The van der Waals surface area contributed by atoms with Crippen LogP contribution < -0.4 is 4.74 Å². The lowest BCUT2D eigenvalue weighted by Crippen LogP contribution is -2.16. The molecule has 1 aliphatic rings. The SMILES string of the molecule is CCCCc1oc2ccccc2c1C(=O)c1ccc(OCC2(C)CO2)cc1. The van der Waals surface area contributed by atoms with Crippen molar-refractivity contribution in [3.8, 4) is 5.75 Å². The highest BCUT2D eigenvalue weighted by molar-refractivity contribution is 6.16. The lowest BCUT2D eigenvalue weighted by atomic mass is 9.98. The second-order valence-electron chi connectivity index (χ2n) is 7.38. The normalized spacial score (nSPS) is 18.6. The number of carbonyl (C=O) groups excluding carboxylic acids is 1. The molecule has 1 unspecified atom stereocenters. The van der Waals surface area contributed by atoms with E-state index >= 15 is 0 Å². The zero-order valence-corrected chi connectivity index (χ0v) is 15.8. The minimum absolute atomic E-state index is 0.00455. The van der Waals surface area contributed by atoms with Crippen molar-refractivity contribution < 1.29 is 18.7 Å². The Balaban J connectivity index is 1.59. The van der Waals surface area contributed by atoms with Gasteiger partial charge in [0.1, 0.15) is 29.3 Å². The fourth-order valence-electron chi connectivity index (χ4n) is 3.15. The van der Waals surface area contributed by atoms with Gasteiger partial charge in [-0.2, -0.15) is 0 Å². The maximum absolute atomic E-state index is 13.2. The first-order chi connectivity index (χ1) is 13.1. The minimum atomic E-state index is -0.154. The van der Waals surface area contributed by atoms with E-state index in [-0.39, 0.29) is 11.4 Å². The van der Waals surface area contributed by atoms with Crippen molar-refractivity contribution in [3.63, 3.8) is 0 Å². The average Bonchev–Trinajstić information content (AvgIpc) is 3.32. The third kappa shape index (κ3) is 3.76. The molecule has 1 atom stereocenters. The fraction of sp³-hybridized carbons (Fsp3) is 0.348. The van der Waals surface area contributed by atoms with Gasteiger partial charge in [-0.25, -0.2) is 0 Å². The molecule has 2 heterocycles. The van der Waals surface area contributed by atoms with Crippen molar-refractivity contribution in [1.82, 2.24) is 0 Å². The number of hydrogen-bond acceptors (Lipinski definition) is 4. The summed E-state index contributed by atoms with van der Waals surface area (Å²) in [6, 6.07) is 15.1. The van der Waals surface area contributed by atoms with Crippen LogP contribution in [0.4, 0.5) is 0 Å². The molecule has 0 bridgehead atoms. The molecule has 0 amide bonds. The van der Waals surface area contributed by atoms with Crippen LogP contribution in [0.5, 0.6) is 5.75 Å². The van der Waals surface area contributed by atoms with Gasteiger partial charge in [-0.3, -0.25) is 4.79 Å². The summed E-state index contributed by atoms with van der Waals surface area (Å²) in [7, 11) is 0. The van der Waals surface area contributed by atoms with Crippen LogP contribution in [0, 0.1) is 0 Å². The number of epoxide rings is 1. The number of hydrogen-bond donors (Lipinski definition) is 0. The predicted molar refractivity (Wildman–Crippen MR) is 105 cm³/mol. The Morgan fingerprint density at radius 2 is 1.89 bits per heavy atom. The first-order valence-electron chi connectivity index (χ1n) is 9.51. The molecular formula is C23H24O4. The van der Waals surface area contributed by atoms with Gasteiger partial charge in [-0.15, -0.1) is 0 Å². The highest BCUT2D eigenvalue weighted by Crippen LogP contribution is 2.30. The number of unbranched alkanes of at least 4 members (excludes halogenated alkanes) is 1. The molecule has 3 aromatic rings. The molecule has 1 aromatic heterocycles. The van der Waals surface area contributed by atoms with Gasteiger partial charge in [-0.05, 0) is 43.7 Å². The van der Waals surface area contributed by atoms with Gasteiger partial charge in [0.05, 0.1) is 12.2 Å². The van der Waals surface area contributed by atoms with Gasteiger partial charge in [0, 0.05) is 17.4 Å². The third-order valence-electron chi connectivity index (χ3n) is 4.95. The van der Waals surface area contributed by atoms with Gasteiger partial charge in [0.2, 0.25) is 0 Å². The van der Waals surface area contributed by atoms with Gasteiger partial charge >= 0.3 is 0 Å².